The maximum Gasteiger partial charge on any atom is 0.328 e. The van der Waals surface area contributed by atoms with Crippen molar-refractivity contribution >= 4 is 16.0 Å². The summed E-state index contributed by atoms with van der Waals surface area (Å²) in [6, 6.07) is 14.8. The zero-order valence-electron chi connectivity index (χ0n) is 13.0. The van der Waals surface area contributed by atoms with Crippen LogP contribution in [0, 0.1) is 11.3 Å². The van der Waals surface area contributed by atoms with Crippen molar-refractivity contribution in [2.24, 2.45) is 0 Å². The molecule has 1 unspecified atom stereocenters. The second kappa shape index (κ2) is 7.73. The van der Waals surface area contributed by atoms with Gasteiger partial charge >= 0.3 is 5.97 Å². The van der Waals surface area contributed by atoms with Crippen LogP contribution in [0.3, 0.4) is 0 Å². The van der Waals surface area contributed by atoms with E-state index in [1.54, 1.807) is 43.3 Å². The van der Waals surface area contributed by atoms with Gasteiger partial charge in [0.15, 0.2) is 0 Å². The summed E-state index contributed by atoms with van der Waals surface area (Å²) in [6.45, 7) is 1.76. The zero-order chi connectivity index (χ0) is 17.6. The highest BCUT2D eigenvalue weighted by Crippen LogP contribution is 2.20. The number of ether oxygens (including phenoxy) is 1. The van der Waals surface area contributed by atoms with E-state index in [0.717, 1.165) is 0 Å². The first-order chi connectivity index (χ1) is 11.5. The number of hydrogen-bond acceptors (Lipinski definition) is 5. The van der Waals surface area contributed by atoms with Crippen LogP contribution in [0.25, 0.3) is 0 Å². The number of benzene rings is 2. The summed E-state index contributed by atoms with van der Waals surface area (Å²) in [4.78, 5) is 12.0. The molecule has 7 heteroatoms. The van der Waals surface area contributed by atoms with E-state index in [1.807, 2.05) is 6.07 Å². The van der Waals surface area contributed by atoms with Gasteiger partial charge in [-0.1, -0.05) is 42.5 Å². The average molecular weight is 344 g/mol. The molecule has 1 N–H and O–H groups in total. The third-order valence-electron chi connectivity index (χ3n) is 3.23. The van der Waals surface area contributed by atoms with Crippen LogP contribution in [-0.2, 0) is 19.6 Å². The van der Waals surface area contributed by atoms with Crippen LogP contribution in [0.1, 0.15) is 24.1 Å². The van der Waals surface area contributed by atoms with E-state index in [1.165, 1.54) is 18.2 Å². The van der Waals surface area contributed by atoms with Crippen molar-refractivity contribution in [3.05, 3.63) is 65.7 Å². The van der Waals surface area contributed by atoms with Crippen molar-refractivity contribution in [1.82, 2.24) is 4.72 Å². The van der Waals surface area contributed by atoms with E-state index in [2.05, 4.69) is 4.72 Å². The molecule has 0 heterocycles. The summed E-state index contributed by atoms with van der Waals surface area (Å²) in [5.41, 5.74) is 0.453. The van der Waals surface area contributed by atoms with Gasteiger partial charge in [-0.15, -0.1) is 0 Å². The Labute approximate surface area is 140 Å². The lowest BCUT2D eigenvalue weighted by atomic mass is 10.1. The molecule has 2 aromatic carbocycles. The van der Waals surface area contributed by atoms with Crippen molar-refractivity contribution < 1.29 is 17.9 Å². The van der Waals surface area contributed by atoms with Crippen LogP contribution < -0.4 is 4.72 Å². The second-order valence-corrected chi connectivity index (χ2v) is 6.51. The topological polar surface area (TPSA) is 96.3 Å². The summed E-state index contributed by atoms with van der Waals surface area (Å²) >= 11 is 0. The molecule has 24 heavy (non-hydrogen) atoms. The highest BCUT2D eigenvalue weighted by Gasteiger charge is 2.29. The number of carbonyl (C=O) groups excluding carboxylic acids is 1. The molecule has 0 saturated heterocycles. The lowest BCUT2D eigenvalue weighted by Gasteiger charge is -2.18. The minimum absolute atomic E-state index is 0.000621. The first kappa shape index (κ1) is 17.7. The smallest absolute Gasteiger partial charge is 0.328 e. The summed E-state index contributed by atoms with van der Waals surface area (Å²) in [6.07, 6.45) is 0. The Morgan fingerprint density at radius 1 is 1.17 bits per heavy atom. The zero-order valence-corrected chi connectivity index (χ0v) is 13.8. The Morgan fingerprint density at radius 3 is 2.42 bits per heavy atom. The van der Waals surface area contributed by atoms with Crippen LogP contribution in [0.2, 0.25) is 0 Å². The molecule has 0 aliphatic heterocycles. The van der Waals surface area contributed by atoms with Gasteiger partial charge in [-0.3, -0.25) is 0 Å². The Morgan fingerprint density at radius 2 is 1.79 bits per heavy atom. The molecule has 0 saturated carbocycles. The maximum absolute atomic E-state index is 12.6. The van der Waals surface area contributed by atoms with Gasteiger partial charge in [-0.05, 0) is 24.6 Å². The molecule has 1 atom stereocenters. The van der Waals surface area contributed by atoms with Gasteiger partial charge in [0.25, 0.3) is 0 Å². The minimum Gasteiger partial charge on any atom is -0.465 e. The SMILES string of the molecule is CCOC(=O)C(NS(=O)(=O)c1ccccc1C#N)c1ccccc1. The second-order valence-electron chi connectivity index (χ2n) is 4.82. The summed E-state index contributed by atoms with van der Waals surface area (Å²) in [7, 11) is -4.09. The number of carbonyl (C=O) groups is 1. The Balaban J connectivity index is 2.42. The Bertz CT molecular complexity index is 858. The predicted octanol–water partition coefficient (Wildman–Crippen LogP) is 2.14. The quantitative estimate of drug-likeness (QED) is 0.810. The fraction of sp³-hybridized carbons (Fsp3) is 0.176. The highest BCUT2D eigenvalue weighted by atomic mass is 32.2. The lowest BCUT2D eigenvalue weighted by Crippen LogP contribution is -2.35. The number of nitriles is 1. The van der Waals surface area contributed by atoms with E-state index in [-0.39, 0.29) is 17.1 Å². The fourth-order valence-electron chi connectivity index (χ4n) is 2.14. The van der Waals surface area contributed by atoms with Gasteiger partial charge in [0.2, 0.25) is 10.0 Å². The molecule has 0 bridgehead atoms. The first-order valence-electron chi connectivity index (χ1n) is 7.22. The number of rotatable bonds is 6. The van der Waals surface area contributed by atoms with Gasteiger partial charge < -0.3 is 4.74 Å². The van der Waals surface area contributed by atoms with Gasteiger partial charge in [-0.2, -0.15) is 9.98 Å². The summed E-state index contributed by atoms with van der Waals surface area (Å²) in [5.74, 6) is -0.707. The van der Waals surface area contributed by atoms with Crippen molar-refractivity contribution in [2.75, 3.05) is 6.61 Å². The largest absolute Gasteiger partial charge is 0.465 e. The molecule has 0 spiro atoms. The summed E-state index contributed by atoms with van der Waals surface area (Å²) < 4.78 is 32.6. The molecular formula is C17H16N2O4S. The van der Waals surface area contributed by atoms with Crippen molar-refractivity contribution in [1.29, 1.82) is 5.26 Å². The molecule has 0 aliphatic carbocycles. The highest BCUT2D eigenvalue weighted by molar-refractivity contribution is 7.89. The van der Waals surface area contributed by atoms with Crippen molar-refractivity contribution in [3.63, 3.8) is 0 Å². The van der Waals surface area contributed by atoms with E-state index in [9.17, 15) is 13.2 Å². The Hall–Kier alpha value is -2.69. The standard InChI is InChI=1S/C17H16N2O4S/c1-2-23-17(20)16(13-8-4-3-5-9-13)19-24(21,22)15-11-7-6-10-14(15)12-18/h3-11,16,19H,2H2,1H3. The molecule has 0 fully saturated rings. The Kier molecular flexibility index (Phi) is 5.68. The number of nitrogens with one attached hydrogen (secondary N) is 1. The lowest BCUT2D eigenvalue weighted by molar-refractivity contribution is -0.145. The number of sulfonamides is 1. The van der Waals surface area contributed by atoms with Crippen molar-refractivity contribution in [3.8, 4) is 6.07 Å². The van der Waals surface area contributed by atoms with E-state index >= 15 is 0 Å². The van der Waals surface area contributed by atoms with E-state index in [4.69, 9.17) is 10.00 Å². The number of nitrogens with zero attached hydrogens (tertiary/aromatic N) is 1. The molecule has 6 nitrogen and oxygen atoms in total. The number of hydrogen-bond donors (Lipinski definition) is 1. The third kappa shape index (κ3) is 3.98. The minimum atomic E-state index is -4.09. The predicted molar refractivity (Wildman–Crippen MR) is 87.3 cm³/mol. The molecule has 124 valence electrons. The van der Waals surface area contributed by atoms with Crippen LogP contribution in [0.5, 0.6) is 0 Å². The van der Waals surface area contributed by atoms with Crippen LogP contribution in [0.4, 0.5) is 0 Å². The average Bonchev–Trinajstić information content (AvgIpc) is 2.60. The number of esters is 1. The first-order valence-corrected chi connectivity index (χ1v) is 8.71. The van der Waals surface area contributed by atoms with Gasteiger partial charge in [-0.25, -0.2) is 13.2 Å². The van der Waals surface area contributed by atoms with Crippen LogP contribution in [0.15, 0.2) is 59.5 Å². The van der Waals surface area contributed by atoms with Crippen molar-refractivity contribution in [2.45, 2.75) is 17.9 Å². The molecule has 0 aromatic heterocycles. The van der Waals surface area contributed by atoms with Crippen LogP contribution >= 0.6 is 0 Å². The van der Waals surface area contributed by atoms with Gasteiger partial charge in [0.05, 0.1) is 17.1 Å². The van der Waals surface area contributed by atoms with E-state index in [0.29, 0.717) is 5.56 Å². The van der Waals surface area contributed by atoms with Gasteiger partial charge in [0.1, 0.15) is 12.1 Å². The van der Waals surface area contributed by atoms with Crippen LogP contribution in [-0.4, -0.2) is 21.0 Å². The molecule has 2 aromatic rings. The molecule has 0 radical (unpaired) electrons. The molecule has 2 rings (SSSR count). The molecule has 0 aliphatic rings. The molecular weight excluding hydrogens is 328 g/mol. The summed E-state index contributed by atoms with van der Waals surface area (Å²) in [5, 5.41) is 9.09. The maximum atomic E-state index is 12.6. The van der Waals surface area contributed by atoms with Gasteiger partial charge in [0, 0.05) is 0 Å². The molecule has 0 amide bonds. The normalized spacial score (nSPS) is 12.2. The third-order valence-corrected chi connectivity index (χ3v) is 4.71. The monoisotopic (exact) mass is 344 g/mol. The fourth-order valence-corrected chi connectivity index (χ4v) is 3.47. The van der Waals surface area contributed by atoms with E-state index < -0.39 is 22.0 Å².